The predicted molar refractivity (Wildman–Crippen MR) is 220 cm³/mol. The average Bonchev–Trinajstić information content (AvgIpc) is 3.53. The summed E-state index contributed by atoms with van der Waals surface area (Å²) in [5.41, 5.74) is 11.5. The van der Waals surface area contributed by atoms with E-state index < -0.39 is 8.07 Å². The van der Waals surface area contributed by atoms with Gasteiger partial charge in [0.2, 0.25) is 5.71 Å². The fourth-order valence-electron chi connectivity index (χ4n) is 7.51. The molecule has 7 aromatic rings. The van der Waals surface area contributed by atoms with Crippen LogP contribution in [0.5, 0.6) is 0 Å². The van der Waals surface area contributed by atoms with Gasteiger partial charge in [-0.05, 0) is 72.8 Å². The average molecular weight is 892 g/mol. The Bertz CT molecular complexity index is 2300. The van der Waals surface area contributed by atoms with Gasteiger partial charge in [0.15, 0.2) is 0 Å². The Hall–Kier alpha value is -4.22. The Labute approximate surface area is 329 Å². The number of rotatable bonds is 7. The second-order valence-corrected chi connectivity index (χ2v) is 20.8. The number of aryl methyl sites for hydroxylation is 1. The van der Waals surface area contributed by atoms with Crippen LogP contribution in [0.2, 0.25) is 19.6 Å². The van der Waals surface area contributed by atoms with Crippen molar-refractivity contribution in [1.82, 2.24) is 15.0 Å². The van der Waals surface area contributed by atoms with Gasteiger partial charge in [-0.1, -0.05) is 117 Å². The first-order valence-corrected chi connectivity index (χ1v) is 22.4. The second kappa shape index (κ2) is 16.8. The van der Waals surface area contributed by atoms with Crippen molar-refractivity contribution in [3.63, 3.8) is 0 Å². The van der Waals surface area contributed by atoms with Crippen molar-refractivity contribution in [2.75, 3.05) is 0 Å². The number of hydrogen-bond acceptors (Lipinski definition) is 4. The summed E-state index contributed by atoms with van der Waals surface area (Å²) >= 11 is 0. The van der Waals surface area contributed by atoms with E-state index in [2.05, 4.69) is 94.1 Å². The Kier molecular flexibility index (Phi) is 12.2. The van der Waals surface area contributed by atoms with E-state index in [1.54, 1.807) is 0 Å². The van der Waals surface area contributed by atoms with Gasteiger partial charge in [-0.3, -0.25) is 0 Å². The molecule has 1 aliphatic rings. The van der Waals surface area contributed by atoms with Crippen molar-refractivity contribution in [2.45, 2.75) is 84.9 Å². The first-order valence-electron chi connectivity index (χ1n) is 18.9. The van der Waals surface area contributed by atoms with E-state index in [9.17, 15) is 0 Å². The summed E-state index contributed by atoms with van der Waals surface area (Å²) in [6.45, 7) is 13.9. The molecule has 0 aliphatic heterocycles. The van der Waals surface area contributed by atoms with Crippen molar-refractivity contribution >= 4 is 35.3 Å². The Morgan fingerprint density at radius 2 is 1.57 bits per heavy atom. The molecule has 1 aliphatic carbocycles. The van der Waals surface area contributed by atoms with Crippen molar-refractivity contribution in [3.8, 4) is 33.8 Å². The maximum absolute atomic E-state index is 6.16. The molecule has 0 N–H and O–H groups in total. The largest absolute Gasteiger partial charge is 0.486 e. The molecule has 0 atom stereocenters. The van der Waals surface area contributed by atoms with Crippen molar-refractivity contribution in [1.29, 1.82) is 0 Å². The third-order valence-corrected chi connectivity index (χ3v) is 12.2. The topological polar surface area (TPSA) is 51.8 Å². The Balaban J connectivity index is 0.000000178. The standard InChI is InChI=1S/C24H34NSi.C23H15N2O.Ir/c1-18(2)14-22-16-23(25-17-24(22)26(3,4)5)21-13-9-12-20(15-21)19-10-7-6-8-11-19;1-15-12-13-24-21(14-15)19-9-5-8-17-18-10-11-20(16-6-3-2-4-7-16)25-23(18)26-22(17)19;/h9,12,15-19H,6-8,10-11,14H2,1-5H3;2-8,10-14H,1H3;/q2*-1;. The summed E-state index contributed by atoms with van der Waals surface area (Å²) < 4.78 is 6.16. The van der Waals surface area contributed by atoms with Gasteiger partial charge in [0, 0.05) is 43.4 Å². The van der Waals surface area contributed by atoms with Crippen LogP contribution in [0.25, 0.3) is 55.8 Å². The minimum atomic E-state index is -1.38. The number of fused-ring (bicyclic) bond motifs is 3. The van der Waals surface area contributed by atoms with Crippen LogP contribution in [0.3, 0.4) is 0 Å². The molecule has 4 heterocycles. The van der Waals surface area contributed by atoms with E-state index in [0.29, 0.717) is 11.6 Å². The summed E-state index contributed by atoms with van der Waals surface area (Å²) in [4.78, 5) is 14.1. The summed E-state index contributed by atoms with van der Waals surface area (Å²) in [5, 5.41) is 3.55. The number of hydrogen-bond donors (Lipinski definition) is 0. The molecule has 0 unspecified atom stereocenters. The summed E-state index contributed by atoms with van der Waals surface area (Å²) in [6.07, 6.45) is 11.9. The summed E-state index contributed by atoms with van der Waals surface area (Å²) in [5.74, 6) is 1.39. The van der Waals surface area contributed by atoms with Crippen LogP contribution < -0.4 is 5.19 Å². The Morgan fingerprint density at radius 3 is 2.30 bits per heavy atom. The zero-order valence-electron chi connectivity index (χ0n) is 31.8. The van der Waals surface area contributed by atoms with E-state index in [1.165, 1.54) is 54.0 Å². The predicted octanol–water partition coefficient (Wildman–Crippen LogP) is 12.2. The molecule has 273 valence electrons. The zero-order chi connectivity index (χ0) is 36.2. The number of pyridine rings is 3. The third-order valence-electron chi connectivity index (χ3n) is 10.1. The van der Waals surface area contributed by atoms with Crippen molar-refractivity contribution in [2.24, 2.45) is 5.92 Å². The van der Waals surface area contributed by atoms with Gasteiger partial charge in [-0.25, -0.2) is 4.98 Å². The fraction of sp³-hybridized carbons (Fsp3) is 0.298. The number of nitrogens with zero attached hydrogens (tertiary/aromatic N) is 3. The van der Waals surface area contributed by atoms with Gasteiger partial charge in [0.1, 0.15) is 0 Å². The third kappa shape index (κ3) is 8.95. The molecule has 0 amide bonds. The minimum absolute atomic E-state index is 0. The van der Waals surface area contributed by atoms with E-state index in [1.807, 2.05) is 66.9 Å². The monoisotopic (exact) mass is 892 g/mol. The van der Waals surface area contributed by atoms with Gasteiger partial charge in [0.25, 0.3) is 0 Å². The number of furan rings is 1. The van der Waals surface area contributed by atoms with Gasteiger partial charge < -0.3 is 14.4 Å². The first-order chi connectivity index (χ1) is 25.1. The van der Waals surface area contributed by atoms with Gasteiger partial charge in [-0.2, -0.15) is 0 Å². The van der Waals surface area contributed by atoms with E-state index in [4.69, 9.17) is 14.4 Å². The molecule has 3 aromatic carbocycles. The molecule has 53 heavy (non-hydrogen) atoms. The quantitative estimate of drug-likeness (QED) is 0.118. The molecule has 4 aromatic heterocycles. The summed E-state index contributed by atoms with van der Waals surface area (Å²) in [7, 11) is -1.38. The normalized spacial score (nSPS) is 13.5. The van der Waals surface area contributed by atoms with Crippen LogP contribution in [0.15, 0.2) is 108 Å². The number of benzene rings is 3. The van der Waals surface area contributed by atoms with Gasteiger partial charge in [-0.15, -0.1) is 53.6 Å². The van der Waals surface area contributed by atoms with Crippen LogP contribution in [-0.4, -0.2) is 23.0 Å². The molecule has 4 nitrogen and oxygen atoms in total. The molecule has 1 fully saturated rings. The molecule has 0 bridgehead atoms. The Morgan fingerprint density at radius 1 is 0.792 bits per heavy atom. The van der Waals surface area contributed by atoms with E-state index in [-0.39, 0.29) is 20.1 Å². The first kappa shape index (κ1) is 38.5. The molecule has 0 spiro atoms. The molecular weight excluding hydrogens is 843 g/mol. The van der Waals surface area contributed by atoms with Crippen LogP contribution in [-0.2, 0) is 26.5 Å². The summed E-state index contributed by atoms with van der Waals surface area (Å²) in [6, 6.07) is 38.0. The van der Waals surface area contributed by atoms with E-state index >= 15 is 0 Å². The fourth-order valence-corrected chi connectivity index (χ4v) is 9.09. The molecule has 6 heteroatoms. The zero-order valence-corrected chi connectivity index (χ0v) is 35.2. The molecule has 1 radical (unpaired) electrons. The minimum Gasteiger partial charge on any atom is -0.486 e. The SMILES string of the molecule is CC(C)Cc1cc(-c2[c-]ccc(C3CCCCC3)c2)ncc1[Si](C)(C)C.Cc1ccnc(-c2[c-]ccc3c2oc2nc(-c4ccccc4)ccc23)c1.[Ir]. The van der Waals surface area contributed by atoms with Crippen molar-refractivity contribution in [3.05, 3.63) is 132 Å². The molecule has 0 saturated heterocycles. The smallest absolute Gasteiger partial charge is 0.216 e. The molecule has 8 rings (SSSR count). The van der Waals surface area contributed by atoms with Crippen LogP contribution in [0.4, 0.5) is 0 Å². The van der Waals surface area contributed by atoms with Crippen LogP contribution in [0.1, 0.15) is 68.6 Å². The second-order valence-electron chi connectivity index (χ2n) is 15.8. The maximum atomic E-state index is 6.16. The van der Waals surface area contributed by atoms with Crippen LogP contribution in [0, 0.1) is 25.0 Å². The molecule has 1 saturated carbocycles. The molecular formula is C47H49IrN3OSi-2. The van der Waals surface area contributed by atoms with Crippen molar-refractivity contribution < 1.29 is 24.5 Å². The van der Waals surface area contributed by atoms with E-state index in [0.717, 1.165) is 62.5 Å². The van der Waals surface area contributed by atoms with Gasteiger partial charge >= 0.3 is 0 Å². The van der Waals surface area contributed by atoms with Crippen LogP contribution >= 0.6 is 0 Å². The number of aromatic nitrogens is 3. The van der Waals surface area contributed by atoms with Gasteiger partial charge in [0.05, 0.1) is 19.4 Å². The maximum Gasteiger partial charge on any atom is 0.216 e.